The molecule has 3 unspecified atom stereocenters. The summed E-state index contributed by atoms with van der Waals surface area (Å²) in [7, 11) is 1.95. The second-order valence-electron chi connectivity index (χ2n) is 9.46. The van der Waals surface area contributed by atoms with Gasteiger partial charge in [0.15, 0.2) is 0 Å². The Balaban J connectivity index is 1.58. The van der Waals surface area contributed by atoms with E-state index in [1.165, 1.54) is 36.1 Å². The van der Waals surface area contributed by atoms with Crippen molar-refractivity contribution in [1.29, 1.82) is 0 Å². The summed E-state index contributed by atoms with van der Waals surface area (Å²) in [5.41, 5.74) is 10.7. The third-order valence-corrected chi connectivity index (χ3v) is 8.35. The van der Waals surface area contributed by atoms with Crippen LogP contribution in [0.15, 0.2) is 12.1 Å². The first-order valence-electron chi connectivity index (χ1n) is 10.4. The standard InChI is InChI=1S/C22H30N2O2/c1-13-3-6-15-11-17-22(25-2)8-7-16(23)20-21(22,18(15)19(13)26-20)9-10-24(17)12-14-4-5-14/h3,6,14,16-17,20H,4-5,7-12,23H2,1-2H3/t16-,17?,20?,21?,22-/m1/s1. The van der Waals surface area contributed by atoms with Gasteiger partial charge >= 0.3 is 0 Å². The number of likely N-dealkylation sites (tertiary alicyclic amines) is 1. The number of hydrogen-bond acceptors (Lipinski definition) is 4. The monoisotopic (exact) mass is 354 g/mol. The molecule has 1 aromatic rings. The van der Waals surface area contributed by atoms with Crippen molar-refractivity contribution in [1.82, 2.24) is 4.90 Å². The van der Waals surface area contributed by atoms with Crippen molar-refractivity contribution in [3.05, 3.63) is 28.8 Å². The Kier molecular flexibility index (Phi) is 3.08. The third kappa shape index (κ3) is 1.68. The first-order chi connectivity index (χ1) is 12.6. The maximum atomic E-state index is 6.66. The second-order valence-corrected chi connectivity index (χ2v) is 9.46. The van der Waals surface area contributed by atoms with Crippen molar-refractivity contribution in [3.63, 3.8) is 0 Å². The van der Waals surface area contributed by atoms with E-state index >= 15 is 0 Å². The van der Waals surface area contributed by atoms with Crippen LogP contribution in [0.25, 0.3) is 0 Å². The largest absolute Gasteiger partial charge is 0.487 e. The van der Waals surface area contributed by atoms with Gasteiger partial charge in [-0.25, -0.2) is 0 Å². The van der Waals surface area contributed by atoms with Gasteiger partial charge < -0.3 is 15.2 Å². The summed E-state index contributed by atoms with van der Waals surface area (Å²) in [5.74, 6) is 2.04. The number of nitrogens with zero attached hydrogens (tertiary/aromatic N) is 1. The van der Waals surface area contributed by atoms with Gasteiger partial charge in [-0.05, 0) is 69.0 Å². The molecule has 0 aromatic heterocycles. The van der Waals surface area contributed by atoms with E-state index in [2.05, 4.69) is 24.0 Å². The minimum absolute atomic E-state index is 0.0565. The van der Waals surface area contributed by atoms with E-state index in [1.807, 2.05) is 7.11 Å². The van der Waals surface area contributed by atoms with Crippen LogP contribution < -0.4 is 10.5 Å². The fourth-order valence-corrected chi connectivity index (χ4v) is 7.06. The highest BCUT2D eigenvalue weighted by molar-refractivity contribution is 5.60. The summed E-state index contributed by atoms with van der Waals surface area (Å²) in [6.45, 7) is 4.58. The number of methoxy groups -OCH3 is 1. The van der Waals surface area contributed by atoms with Crippen LogP contribution in [0.2, 0.25) is 0 Å². The highest BCUT2D eigenvalue weighted by Crippen LogP contribution is 2.65. The zero-order valence-electron chi connectivity index (χ0n) is 16.0. The Bertz CT molecular complexity index is 776. The van der Waals surface area contributed by atoms with E-state index in [0.717, 1.165) is 43.9 Å². The summed E-state index contributed by atoms with van der Waals surface area (Å²) < 4.78 is 13.2. The zero-order valence-corrected chi connectivity index (χ0v) is 16.0. The molecule has 26 heavy (non-hydrogen) atoms. The maximum Gasteiger partial charge on any atom is 0.127 e. The van der Waals surface area contributed by atoms with Crippen molar-refractivity contribution in [2.45, 2.75) is 74.7 Å². The van der Waals surface area contributed by atoms with Crippen LogP contribution in [-0.4, -0.2) is 48.9 Å². The molecule has 3 fully saturated rings. The summed E-state index contributed by atoms with van der Waals surface area (Å²) >= 11 is 0. The van der Waals surface area contributed by atoms with Crippen LogP contribution in [0.1, 0.15) is 48.8 Å². The first kappa shape index (κ1) is 15.9. The lowest BCUT2D eigenvalue weighted by Crippen LogP contribution is -2.78. The molecule has 1 aromatic carbocycles. The Morgan fingerprint density at radius 2 is 2.12 bits per heavy atom. The molecule has 2 N–H and O–H groups in total. The molecule has 1 spiro atoms. The van der Waals surface area contributed by atoms with Gasteiger partial charge in [-0.1, -0.05) is 12.1 Å². The zero-order chi connectivity index (χ0) is 17.7. The SMILES string of the molecule is CO[C@@]12CC[C@@H](N)C3Oc4c(C)ccc5c4C31CCN(CC1CC1)C2C5. The Morgan fingerprint density at radius 1 is 1.27 bits per heavy atom. The van der Waals surface area contributed by atoms with Crippen LogP contribution in [0.3, 0.4) is 0 Å². The van der Waals surface area contributed by atoms with Crippen LogP contribution in [0.5, 0.6) is 5.75 Å². The van der Waals surface area contributed by atoms with E-state index in [9.17, 15) is 0 Å². The maximum absolute atomic E-state index is 6.66. The van der Waals surface area contributed by atoms with Crippen LogP contribution in [-0.2, 0) is 16.6 Å². The molecule has 6 rings (SSSR count). The first-order valence-corrected chi connectivity index (χ1v) is 10.4. The average Bonchev–Trinajstić information content (AvgIpc) is 3.38. The Labute approximate surface area is 156 Å². The molecule has 0 amide bonds. The van der Waals surface area contributed by atoms with Gasteiger partial charge in [0.2, 0.25) is 0 Å². The molecule has 2 saturated carbocycles. The second kappa shape index (κ2) is 5.03. The molecule has 5 aliphatic rings. The smallest absolute Gasteiger partial charge is 0.127 e. The van der Waals surface area contributed by atoms with Crippen molar-refractivity contribution in [2.75, 3.05) is 20.2 Å². The number of nitrogens with two attached hydrogens (primary N) is 1. The molecular formula is C22H30N2O2. The molecular weight excluding hydrogens is 324 g/mol. The van der Waals surface area contributed by atoms with Crippen molar-refractivity contribution >= 4 is 0 Å². The van der Waals surface area contributed by atoms with Gasteiger partial charge in [0.25, 0.3) is 0 Å². The molecule has 2 aliphatic heterocycles. The van der Waals surface area contributed by atoms with Crippen LogP contribution in [0, 0.1) is 12.8 Å². The van der Waals surface area contributed by atoms with E-state index in [-0.39, 0.29) is 23.2 Å². The van der Waals surface area contributed by atoms with Crippen molar-refractivity contribution in [2.24, 2.45) is 11.7 Å². The lowest BCUT2D eigenvalue weighted by Gasteiger charge is -2.65. The molecule has 5 atom stereocenters. The van der Waals surface area contributed by atoms with Gasteiger partial charge in [0.1, 0.15) is 11.9 Å². The lowest BCUT2D eigenvalue weighted by atomic mass is 9.48. The van der Waals surface area contributed by atoms with E-state index < -0.39 is 0 Å². The molecule has 4 nitrogen and oxygen atoms in total. The van der Waals surface area contributed by atoms with E-state index in [4.69, 9.17) is 15.2 Å². The van der Waals surface area contributed by atoms with Gasteiger partial charge in [0, 0.05) is 31.3 Å². The van der Waals surface area contributed by atoms with Crippen molar-refractivity contribution < 1.29 is 9.47 Å². The average molecular weight is 354 g/mol. The molecule has 140 valence electrons. The van der Waals surface area contributed by atoms with Gasteiger partial charge in [-0.2, -0.15) is 0 Å². The summed E-state index contributed by atoms with van der Waals surface area (Å²) in [5, 5.41) is 0. The molecule has 3 aliphatic carbocycles. The predicted octanol–water partition coefficient (Wildman–Crippen LogP) is 2.54. The summed E-state index contributed by atoms with van der Waals surface area (Å²) in [4.78, 5) is 2.76. The molecule has 0 radical (unpaired) electrons. The Hall–Kier alpha value is -1.10. The van der Waals surface area contributed by atoms with Gasteiger partial charge in [-0.3, -0.25) is 4.90 Å². The molecule has 4 heteroatoms. The van der Waals surface area contributed by atoms with Gasteiger partial charge in [-0.15, -0.1) is 0 Å². The van der Waals surface area contributed by atoms with Crippen LogP contribution in [0.4, 0.5) is 0 Å². The number of hydrogen-bond donors (Lipinski definition) is 1. The highest BCUT2D eigenvalue weighted by atomic mass is 16.5. The van der Waals surface area contributed by atoms with E-state index in [1.54, 1.807) is 0 Å². The molecule has 2 heterocycles. The topological polar surface area (TPSA) is 47.7 Å². The number of benzene rings is 1. The minimum Gasteiger partial charge on any atom is -0.487 e. The van der Waals surface area contributed by atoms with E-state index in [0.29, 0.717) is 6.04 Å². The predicted molar refractivity (Wildman–Crippen MR) is 101 cm³/mol. The quantitative estimate of drug-likeness (QED) is 0.906. The fourth-order valence-electron chi connectivity index (χ4n) is 7.06. The normalized spacial score (nSPS) is 43.1. The third-order valence-electron chi connectivity index (χ3n) is 8.35. The number of aryl methyl sites for hydroxylation is 1. The Morgan fingerprint density at radius 3 is 2.88 bits per heavy atom. The number of piperidine rings is 1. The van der Waals surface area contributed by atoms with Crippen molar-refractivity contribution in [3.8, 4) is 5.75 Å². The number of ether oxygens (including phenoxy) is 2. The highest BCUT2D eigenvalue weighted by Gasteiger charge is 2.73. The summed E-state index contributed by atoms with van der Waals surface area (Å²) in [6, 6.07) is 5.16. The fraction of sp³-hybridized carbons (Fsp3) is 0.727. The minimum atomic E-state index is -0.146. The van der Waals surface area contributed by atoms with Crippen LogP contribution >= 0.6 is 0 Å². The molecule has 2 bridgehead atoms. The number of rotatable bonds is 3. The lowest BCUT2D eigenvalue weighted by molar-refractivity contribution is -0.205. The summed E-state index contributed by atoms with van der Waals surface area (Å²) in [6.07, 6.45) is 7.15. The molecule has 1 saturated heterocycles. The van der Waals surface area contributed by atoms with Gasteiger partial charge in [0.05, 0.1) is 11.0 Å².